The van der Waals surface area contributed by atoms with E-state index in [4.69, 9.17) is 13.9 Å². The molecule has 0 bridgehead atoms. The second-order valence-electron chi connectivity index (χ2n) is 3.14. The number of methoxy groups -OCH3 is 1. The molecule has 1 aromatic rings. The lowest BCUT2D eigenvalue weighted by molar-refractivity contribution is -0.138. The van der Waals surface area contributed by atoms with Gasteiger partial charge in [-0.2, -0.15) is 0 Å². The van der Waals surface area contributed by atoms with Crippen LogP contribution in [0, 0.1) is 6.92 Å². The van der Waals surface area contributed by atoms with E-state index in [0.717, 1.165) is 0 Å². The summed E-state index contributed by atoms with van der Waals surface area (Å²) >= 11 is 0. The summed E-state index contributed by atoms with van der Waals surface area (Å²) < 4.78 is 14.7. The van der Waals surface area contributed by atoms with E-state index in [1.165, 1.54) is 12.3 Å². The number of nitrogens with zero attached hydrogens (tertiary/aromatic N) is 1. The fourth-order valence-electron chi connectivity index (χ4n) is 1.03. The number of hydrogen-bond donors (Lipinski definition) is 0. The number of aryl methyl sites for hydroxylation is 1. The van der Waals surface area contributed by atoms with Crippen molar-refractivity contribution in [3.05, 3.63) is 23.9 Å². The van der Waals surface area contributed by atoms with Crippen LogP contribution in [0.25, 0.3) is 6.08 Å². The van der Waals surface area contributed by atoms with Crippen molar-refractivity contribution in [2.24, 2.45) is 0 Å². The maximum atomic E-state index is 11.2. The minimum Gasteiger partial charge on any atom is -0.462 e. The molecular formula is C11H15NO4. The molecule has 0 aliphatic rings. The molecule has 0 atom stereocenters. The molecule has 88 valence electrons. The van der Waals surface area contributed by atoms with Crippen LogP contribution in [0.15, 0.2) is 16.8 Å². The SMILES string of the molecule is COCCCOC(=O)/C=C/c1coc(C)n1. The van der Waals surface area contributed by atoms with Gasteiger partial charge in [-0.05, 0) is 6.08 Å². The van der Waals surface area contributed by atoms with Crippen LogP contribution in [0.1, 0.15) is 18.0 Å². The van der Waals surface area contributed by atoms with Crippen molar-refractivity contribution in [1.29, 1.82) is 0 Å². The minimum absolute atomic E-state index is 0.356. The van der Waals surface area contributed by atoms with Crippen LogP contribution < -0.4 is 0 Å². The second kappa shape index (κ2) is 6.79. The topological polar surface area (TPSA) is 61.6 Å². The van der Waals surface area contributed by atoms with Gasteiger partial charge in [0.15, 0.2) is 5.89 Å². The summed E-state index contributed by atoms with van der Waals surface area (Å²) in [7, 11) is 1.61. The maximum Gasteiger partial charge on any atom is 0.330 e. The quantitative estimate of drug-likeness (QED) is 0.418. The van der Waals surface area contributed by atoms with Crippen molar-refractivity contribution >= 4 is 12.0 Å². The van der Waals surface area contributed by atoms with E-state index in [0.29, 0.717) is 31.2 Å². The lowest BCUT2D eigenvalue weighted by atomic mass is 10.4. The number of esters is 1. The van der Waals surface area contributed by atoms with Crippen LogP contribution in [0.4, 0.5) is 0 Å². The van der Waals surface area contributed by atoms with Gasteiger partial charge in [0.25, 0.3) is 0 Å². The van der Waals surface area contributed by atoms with E-state index in [9.17, 15) is 4.79 Å². The van der Waals surface area contributed by atoms with E-state index in [1.54, 1.807) is 20.1 Å². The molecule has 0 aromatic carbocycles. The Kier molecular flexibility index (Phi) is 5.28. The van der Waals surface area contributed by atoms with Crippen LogP contribution in [0.2, 0.25) is 0 Å². The fraction of sp³-hybridized carbons (Fsp3) is 0.455. The van der Waals surface area contributed by atoms with Gasteiger partial charge in [-0.1, -0.05) is 0 Å². The molecule has 16 heavy (non-hydrogen) atoms. The van der Waals surface area contributed by atoms with Gasteiger partial charge in [-0.15, -0.1) is 0 Å². The van der Waals surface area contributed by atoms with Gasteiger partial charge in [0.1, 0.15) is 12.0 Å². The van der Waals surface area contributed by atoms with Crippen LogP contribution in [0.5, 0.6) is 0 Å². The molecule has 5 nitrogen and oxygen atoms in total. The molecule has 0 N–H and O–H groups in total. The van der Waals surface area contributed by atoms with E-state index >= 15 is 0 Å². The van der Waals surface area contributed by atoms with Gasteiger partial charge in [0.2, 0.25) is 0 Å². The summed E-state index contributed by atoms with van der Waals surface area (Å²) in [5.74, 6) is 0.171. The summed E-state index contributed by atoms with van der Waals surface area (Å²) in [6.07, 6.45) is 5.04. The van der Waals surface area contributed by atoms with Crippen molar-refractivity contribution in [2.45, 2.75) is 13.3 Å². The van der Waals surface area contributed by atoms with Gasteiger partial charge < -0.3 is 13.9 Å². The summed E-state index contributed by atoms with van der Waals surface area (Å²) in [5, 5.41) is 0. The van der Waals surface area contributed by atoms with Crippen molar-refractivity contribution in [2.75, 3.05) is 20.3 Å². The molecule has 0 aliphatic heterocycles. The molecule has 0 amide bonds. The molecule has 1 aromatic heterocycles. The second-order valence-corrected chi connectivity index (χ2v) is 3.14. The van der Waals surface area contributed by atoms with Gasteiger partial charge in [0.05, 0.1) is 6.61 Å². The largest absolute Gasteiger partial charge is 0.462 e. The average molecular weight is 225 g/mol. The molecule has 0 spiro atoms. The smallest absolute Gasteiger partial charge is 0.330 e. The van der Waals surface area contributed by atoms with Crippen LogP contribution in [-0.2, 0) is 14.3 Å². The highest BCUT2D eigenvalue weighted by molar-refractivity contribution is 5.86. The summed E-state index contributed by atoms with van der Waals surface area (Å²) in [6.45, 7) is 2.68. The highest BCUT2D eigenvalue weighted by Gasteiger charge is 1.98. The zero-order chi connectivity index (χ0) is 11.8. The summed E-state index contributed by atoms with van der Waals surface area (Å²) in [6, 6.07) is 0. The Morgan fingerprint density at radius 3 is 3.00 bits per heavy atom. The number of rotatable bonds is 6. The number of hydrogen-bond acceptors (Lipinski definition) is 5. The molecule has 0 unspecified atom stereocenters. The number of aromatic nitrogens is 1. The van der Waals surface area contributed by atoms with Crippen molar-refractivity contribution in [1.82, 2.24) is 4.98 Å². The van der Waals surface area contributed by atoms with Crippen LogP contribution in [-0.4, -0.2) is 31.3 Å². The van der Waals surface area contributed by atoms with Crippen molar-refractivity contribution < 1.29 is 18.7 Å². The predicted octanol–water partition coefficient (Wildman–Crippen LogP) is 1.58. The predicted molar refractivity (Wildman–Crippen MR) is 57.7 cm³/mol. The van der Waals surface area contributed by atoms with Gasteiger partial charge in [-0.25, -0.2) is 9.78 Å². The van der Waals surface area contributed by atoms with Crippen LogP contribution in [0.3, 0.4) is 0 Å². The highest BCUT2D eigenvalue weighted by atomic mass is 16.5. The molecule has 0 fully saturated rings. The maximum absolute atomic E-state index is 11.2. The molecular weight excluding hydrogens is 210 g/mol. The normalized spacial score (nSPS) is 10.9. The van der Waals surface area contributed by atoms with Gasteiger partial charge in [0, 0.05) is 33.1 Å². The molecule has 0 saturated carbocycles. The molecule has 0 aliphatic carbocycles. The third-order valence-corrected chi connectivity index (χ3v) is 1.76. The first-order valence-corrected chi connectivity index (χ1v) is 4.98. The lowest BCUT2D eigenvalue weighted by Crippen LogP contribution is -2.04. The third kappa shape index (κ3) is 4.75. The van der Waals surface area contributed by atoms with Crippen molar-refractivity contribution in [3.8, 4) is 0 Å². The van der Waals surface area contributed by atoms with E-state index in [-0.39, 0.29) is 0 Å². The number of ether oxygens (including phenoxy) is 2. The van der Waals surface area contributed by atoms with Gasteiger partial charge >= 0.3 is 5.97 Å². The first-order chi connectivity index (χ1) is 7.72. The van der Waals surface area contributed by atoms with Gasteiger partial charge in [-0.3, -0.25) is 0 Å². The van der Waals surface area contributed by atoms with Crippen LogP contribution >= 0.6 is 0 Å². The number of carbonyl (C=O) groups is 1. The molecule has 1 rings (SSSR count). The summed E-state index contributed by atoms with van der Waals surface area (Å²) in [5.41, 5.74) is 0.603. The number of oxazole rings is 1. The third-order valence-electron chi connectivity index (χ3n) is 1.76. The Hall–Kier alpha value is -1.62. The highest BCUT2D eigenvalue weighted by Crippen LogP contribution is 2.02. The Balaban J connectivity index is 2.26. The molecule has 0 radical (unpaired) electrons. The molecule has 1 heterocycles. The monoisotopic (exact) mass is 225 g/mol. The average Bonchev–Trinajstić information content (AvgIpc) is 2.68. The Bertz CT molecular complexity index is 357. The van der Waals surface area contributed by atoms with E-state index in [1.807, 2.05) is 0 Å². The standard InChI is InChI=1S/C11H15NO4/c1-9-12-10(8-16-9)4-5-11(13)15-7-3-6-14-2/h4-5,8H,3,6-7H2,1-2H3/b5-4+. The van der Waals surface area contributed by atoms with Crippen molar-refractivity contribution in [3.63, 3.8) is 0 Å². The zero-order valence-electron chi connectivity index (χ0n) is 9.43. The molecule has 5 heteroatoms. The van der Waals surface area contributed by atoms with E-state index < -0.39 is 5.97 Å². The zero-order valence-corrected chi connectivity index (χ0v) is 9.43. The molecule has 0 saturated heterocycles. The lowest BCUT2D eigenvalue weighted by Gasteiger charge is -2.00. The number of carbonyl (C=O) groups excluding carboxylic acids is 1. The summed E-state index contributed by atoms with van der Waals surface area (Å²) in [4.78, 5) is 15.2. The Morgan fingerprint density at radius 2 is 2.38 bits per heavy atom. The Labute approximate surface area is 94.1 Å². The first-order valence-electron chi connectivity index (χ1n) is 4.98. The fourth-order valence-corrected chi connectivity index (χ4v) is 1.03. The first kappa shape index (κ1) is 12.4. The Morgan fingerprint density at radius 1 is 1.56 bits per heavy atom. The minimum atomic E-state index is -0.392. The van der Waals surface area contributed by atoms with E-state index in [2.05, 4.69) is 4.98 Å².